The number of methoxy groups -OCH3 is 1. The third-order valence-corrected chi connectivity index (χ3v) is 3.44. The summed E-state index contributed by atoms with van der Waals surface area (Å²) in [5.41, 5.74) is 0. The smallest absolute Gasteiger partial charge is 0.0571 e. The van der Waals surface area contributed by atoms with Gasteiger partial charge in [-0.05, 0) is 18.8 Å². The van der Waals surface area contributed by atoms with Gasteiger partial charge >= 0.3 is 0 Å². The van der Waals surface area contributed by atoms with Gasteiger partial charge in [0.25, 0.3) is 0 Å². The first-order valence-electron chi connectivity index (χ1n) is 5.89. The van der Waals surface area contributed by atoms with Gasteiger partial charge in [0.15, 0.2) is 0 Å². The molecule has 0 radical (unpaired) electrons. The molecule has 0 aromatic carbocycles. The molecule has 1 rings (SSSR count). The van der Waals surface area contributed by atoms with E-state index in [2.05, 4.69) is 6.92 Å². The van der Waals surface area contributed by atoms with Crippen LogP contribution in [0.3, 0.4) is 0 Å². The third kappa shape index (κ3) is 4.12. The molecule has 0 spiro atoms. The Labute approximate surface area is 82.9 Å². The van der Waals surface area contributed by atoms with Gasteiger partial charge in [-0.15, -0.1) is 0 Å². The van der Waals surface area contributed by atoms with Crippen molar-refractivity contribution in [3.8, 4) is 0 Å². The maximum absolute atomic E-state index is 5.45. The molecule has 0 saturated heterocycles. The lowest BCUT2D eigenvalue weighted by Gasteiger charge is -2.13. The molecule has 1 heteroatoms. The molecule has 0 amide bonds. The number of ether oxygens (including phenoxy) is 1. The quantitative estimate of drug-likeness (QED) is 0.634. The van der Waals surface area contributed by atoms with Gasteiger partial charge in [0.2, 0.25) is 0 Å². The van der Waals surface area contributed by atoms with E-state index in [1.54, 1.807) is 0 Å². The van der Waals surface area contributed by atoms with Crippen molar-refractivity contribution in [2.45, 2.75) is 64.4 Å². The second-order valence-electron chi connectivity index (χ2n) is 4.35. The second kappa shape index (κ2) is 6.42. The summed E-state index contributed by atoms with van der Waals surface area (Å²) in [5.74, 6) is 0.996. The van der Waals surface area contributed by atoms with Crippen LogP contribution >= 0.6 is 0 Å². The van der Waals surface area contributed by atoms with Gasteiger partial charge in [-0.1, -0.05) is 45.4 Å². The van der Waals surface area contributed by atoms with Crippen LogP contribution in [0, 0.1) is 5.92 Å². The Hall–Kier alpha value is -0.0400. The Kier molecular flexibility index (Phi) is 5.45. The highest BCUT2D eigenvalue weighted by Crippen LogP contribution is 2.24. The van der Waals surface area contributed by atoms with Gasteiger partial charge < -0.3 is 4.74 Å². The van der Waals surface area contributed by atoms with Crippen LogP contribution in [-0.2, 0) is 4.74 Å². The molecule has 2 atom stereocenters. The molecule has 1 nitrogen and oxygen atoms in total. The van der Waals surface area contributed by atoms with E-state index in [1.165, 1.54) is 51.4 Å². The number of hydrogen-bond acceptors (Lipinski definition) is 1. The van der Waals surface area contributed by atoms with Crippen LogP contribution in [0.5, 0.6) is 0 Å². The Balaban J connectivity index is 2.29. The maximum atomic E-state index is 5.45. The van der Waals surface area contributed by atoms with Crippen molar-refractivity contribution in [3.05, 3.63) is 0 Å². The molecular formula is C12H24O. The molecule has 0 heterocycles. The average Bonchev–Trinajstić information content (AvgIpc) is 2.28. The van der Waals surface area contributed by atoms with Gasteiger partial charge in [-0.25, -0.2) is 0 Å². The minimum absolute atomic E-state index is 0.551. The molecule has 0 bridgehead atoms. The SMILES string of the molecule is CCC1CCCCC(OC)CCC1. The first-order chi connectivity index (χ1) is 6.36. The Bertz CT molecular complexity index is 108. The maximum Gasteiger partial charge on any atom is 0.0571 e. The van der Waals surface area contributed by atoms with Gasteiger partial charge in [-0.3, -0.25) is 0 Å². The van der Waals surface area contributed by atoms with E-state index in [-0.39, 0.29) is 0 Å². The molecule has 0 aromatic heterocycles. The Morgan fingerprint density at radius 2 is 1.62 bits per heavy atom. The van der Waals surface area contributed by atoms with Crippen LogP contribution in [0.2, 0.25) is 0 Å². The summed E-state index contributed by atoms with van der Waals surface area (Å²) in [6, 6.07) is 0. The van der Waals surface area contributed by atoms with E-state index in [0.717, 1.165) is 5.92 Å². The van der Waals surface area contributed by atoms with Crippen LogP contribution in [0.25, 0.3) is 0 Å². The van der Waals surface area contributed by atoms with Crippen molar-refractivity contribution in [3.63, 3.8) is 0 Å². The highest BCUT2D eigenvalue weighted by atomic mass is 16.5. The van der Waals surface area contributed by atoms with Crippen LogP contribution in [0.1, 0.15) is 58.3 Å². The number of rotatable bonds is 2. The van der Waals surface area contributed by atoms with Crippen LogP contribution in [-0.4, -0.2) is 13.2 Å². The zero-order valence-electron chi connectivity index (χ0n) is 9.22. The fraction of sp³-hybridized carbons (Fsp3) is 1.00. The van der Waals surface area contributed by atoms with Crippen LogP contribution in [0.15, 0.2) is 0 Å². The van der Waals surface area contributed by atoms with E-state index < -0.39 is 0 Å². The molecule has 1 aliphatic rings. The van der Waals surface area contributed by atoms with Crippen molar-refractivity contribution in [2.24, 2.45) is 5.92 Å². The van der Waals surface area contributed by atoms with Crippen molar-refractivity contribution >= 4 is 0 Å². The minimum Gasteiger partial charge on any atom is -0.381 e. The van der Waals surface area contributed by atoms with Gasteiger partial charge in [-0.2, -0.15) is 0 Å². The highest BCUT2D eigenvalue weighted by molar-refractivity contribution is 4.66. The molecule has 2 unspecified atom stereocenters. The molecule has 0 aliphatic heterocycles. The fourth-order valence-electron chi connectivity index (χ4n) is 2.37. The van der Waals surface area contributed by atoms with E-state index in [4.69, 9.17) is 4.74 Å². The lowest BCUT2D eigenvalue weighted by molar-refractivity contribution is 0.0847. The third-order valence-electron chi connectivity index (χ3n) is 3.44. The van der Waals surface area contributed by atoms with Crippen molar-refractivity contribution in [1.29, 1.82) is 0 Å². The van der Waals surface area contributed by atoms with E-state index in [9.17, 15) is 0 Å². The zero-order valence-corrected chi connectivity index (χ0v) is 9.22. The normalized spacial score (nSPS) is 31.8. The fourth-order valence-corrected chi connectivity index (χ4v) is 2.37. The molecule has 1 aliphatic carbocycles. The Morgan fingerprint density at radius 3 is 2.31 bits per heavy atom. The summed E-state index contributed by atoms with van der Waals surface area (Å²) in [6.07, 6.45) is 11.5. The van der Waals surface area contributed by atoms with Crippen molar-refractivity contribution < 1.29 is 4.74 Å². The van der Waals surface area contributed by atoms with E-state index >= 15 is 0 Å². The van der Waals surface area contributed by atoms with E-state index in [0.29, 0.717) is 6.10 Å². The van der Waals surface area contributed by atoms with Crippen molar-refractivity contribution in [1.82, 2.24) is 0 Å². The summed E-state index contributed by atoms with van der Waals surface area (Å²) < 4.78 is 5.45. The highest BCUT2D eigenvalue weighted by Gasteiger charge is 2.13. The lowest BCUT2D eigenvalue weighted by atomic mass is 9.95. The second-order valence-corrected chi connectivity index (χ2v) is 4.35. The molecule has 78 valence electrons. The largest absolute Gasteiger partial charge is 0.381 e. The van der Waals surface area contributed by atoms with E-state index in [1.807, 2.05) is 7.11 Å². The van der Waals surface area contributed by atoms with Crippen LogP contribution < -0.4 is 0 Å². The van der Waals surface area contributed by atoms with Gasteiger partial charge in [0, 0.05) is 7.11 Å². The van der Waals surface area contributed by atoms with Crippen molar-refractivity contribution in [2.75, 3.05) is 7.11 Å². The summed E-state index contributed by atoms with van der Waals surface area (Å²) in [5, 5.41) is 0. The lowest BCUT2D eigenvalue weighted by Crippen LogP contribution is -2.09. The summed E-state index contributed by atoms with van der Waals surface area (Å²) in [4.78, 5) is 0. The summed E-state index contributed by atoms with van der Waals surface area (Å²) in [7, 11) is 1.86. The number of hydrogen-bond donors (Lipinski definition) is 0. The standard InChI is InChI=1S/C12H24O/c1-3-11-7-4-5-9-12(13-2)10-6-8-11/h11-12H,3-10H2,1-2H3. The first kappa shape index (κ1) is 11.0. The predicted octanol–water partition coefficient (Wildman–Crippen LogP) is 3.77. The van der Waals surface area contributed by atoms with Gasteiger partial charge in [0.05, 0.1) is 6.10 Å². The molecule has 0 aromatic rings. The van der Waals surface area contributed by atoms with Crippen LogP contribution in [0.4, 0.5) is 0 Å². The average molecular weight is 184 g/mol. The summed E-state index contributed by atoms with van der Waals surface area (Å²) in [6.45, 7) is 2.33. The summed E-state index contributed by atoms with van der Waals surface area (Å²) >= 11 is 0. The topological polar surface area (TPSA) is 9.23 Å². The zero-order chi connectivity index (χ0) is 9.52. The predicted molar refractivity (Wildman–Crippen MR) is 56.9 cm³/mol. The monoisotopic (exact) mass is 184 g/mol. The molecular weight excluding hydrogens is 160 g/mol. The molecule has 1 saturated carbocycles. The molecule has 13 heavy (non-hydrogen) atoms. The van der Waals surface area contributed by atoms with Gasteiger partial charge in [0.1, 0.15) is 0 Å². The molecule has 0 N–H and O–H groups in total. The molecule has 1 fully saturated rings. The first-order valence-corrected chi connectivity index (χ1v) is 5.89. The Morgan fingerprint density at radius 1 is 1.00 bits per heavy atom. The minimum atomic E-state index is 0.551.